The van der Waals surface area contributed by atoms with Crippen molar-refractivity contribution in [1.29, 1.82) is 0 Å². The average molecular weight is 340 g/mol. The molecule has 0 saturated heterocycles. The lowest BCUT2D eigenvalue weighted by molar-refractivity contribution is 0.0502. The number of allylic oxidation sites excluding steroid dienone is 1. The number of amides is 1. The number of rotatable bonds is 2. The number of hydrogen-bond acceptors (Lipinski definition) is 5. The van der Waals surface area contributed by atoms with Crippen molar-refractivity contribution in [3.8, 4) is 0 Å². The maximum atomic E-state index is 11.9. The normalized spacial score (nSPS) is 17.9. The molecule has 1 unspecified atom stereocenters. The first kappa shape index (κ1) is 17.2. The quantitative estimate of drug-likeness (QED) is 0.814. The summed E-state index contributed by atoms with van der Waals surface area (Å²) in [5.41, 5.74) is 10.2. The predicted octanol–water partition coefficient (Wildman–Crippen LogP) is 3.67. The minimum Gasteiger partial charge on any atom is -0.444 e. The summed E-state index contributed by atoms with van der Waals surface area (Å²) in [6.07, 6.45) is 7.52. The Morgan fingerprint density at radius 2 is 2.04 bits per heavy atom. The van der Waals surface area contributed by atoms with Crippen molar-refractivity contribution < 1.29 is 9.53 Å². The molecule has 1 aromatic heterocycles. The van der Waals surface area contributed by atoms with Crippen LogP contribution in [0.4, 0.5) is 10.5 Å². The number of nitrogens with zero attached hydrogens (tertiary/aromatic N) is 2. The molecular formula is C19H24N4O2. The third-order valence-corrected chi connectivity index (χ3v) is 4.13. The molecule has 1 aliphatic rings. The van der Waals surface area contributed by atoms with Gasteiger partial charge in [-0.3, -0.25) is 9.97 Å². The Bertz CT molecular complexity index is 824. The molecule has 1 amide bonds. The van der Waals surface area contributed by atoms with Crippen LogP contribution in [0.3, 0.4) is 0 Å². The van der Waals surface area contributed by atoms with Crippen LogP contribution < -0.4 is 11.1 Å². The Labute approximate surface area is 147 Å². The number of carbonyl (C=O) groups is 1. The fourth-order valence-electron chi connectivity index (χ4n) is 3.06. The minimum atomic E-state index is -0.490. The SMILES string of the molecule is CC(C)(C)OC(=O)NC1CC=C(c2c(N)ccc3nccnc23)CC1. The zero-order chi connectivity index (χ0) is 18.0. The fraction of sp³-hybridized carbons (Fsp3) is 0.421. The highest BCUT2D eigenvalue weighted by Crippen LogP contribution is 2.34. The minimum absolute atomic E-state index is 0.0703. The topological polar surface area (TPSA) is 90.1 Å². The molecule has 1 aliphatic carbocycles. The summed E-state index contributed by atoms with van der Waals surface area (Å²) in [5, 5.41) is 2.93. The van der Waals surface area contributed by atoms with Crippen molar-refractivity contribution in [2.24, 2.45) is 0 Å². The first-order chi connectivity index (χ1) is 11.8. The number of anilines is 1. The van der Waals surface area contributed by atoms with Gasteiger partial charge in [-0.15, -0.1) is 0 Å². The van der Waals surface area contributed by atoms with Crippen molar-refractivity contribution in [1.82, 2.24) is 15.3 Å². The number of fused-ring (bicyclic) bond motifs is 1. The largest absolute Gasteiger partial charge is 0.444 e. The van der Waals surface area contributed by atoms with E-state index in [0.29, 0.717) is 5.69 Å². The van der Waals surface area contributed by atoms with E-state index in [1.165, 1.54) is 0 Å². The number of ether oxygens (including phenoxy) is 1. The molecule has 0 radical (unpaired) electrons. The molecule has 0 bridgehead atoms. The summed E-state index contributed by atoms with van der Waals surface area (Å²) in [6.45, 7) is 5.57. The molecule has 6 heteroatoms. The number of hydrogen-bond donors (Lipinski definition) is 2. The van der Waals surface area contributed by atoms with E-state index >= 15 is 0 Å². The molecule has 0 fully saturated rings. The van der Waals surface area contributed by atoms with E-state index in [9.17, 15) is 4.79 Å². The summed E-state index contributed by atoms with van der Waals surface area (Å²) in [4.78, 5) is 20.7. The number of nitrogen functional groups attached to an aromatic ring is 1. The van der Waals surface area contributed by atoms with Crippen LogP contribution in [0, 0.1) is 0 Å². The molecule has 6 nitrogen and oxygen atoms in total. The monoisotopic (exact) mass is 340 g/mol. The van der Waals surface area contributed by atoms with Crippen molar-refractivity contribution >= 4 is 28.4 Å². The van der Waals surface area contributed by atoms with Gasteiger partial charge in [-0.2, -0.15) is 0 Å². The third kappa shape index (κ3) is 4.07. The highest BCUT2D eigenvalue weighted by atomic mass is 16.6. The van der Waals surface area contributed by atoms with Gasteiger partial charge in [0.05, 0.1) is 11.0 Å². The molecule has 25 heavy (non-hydrogen) atoms. The second kappa shape index (κ2) is 6.70. The third-order valence-electron chi connectivity index (χ3n) is 4.13. The average Bonchev–Trinajstić information content (AvgIpc) is 2.54. The van der Waals surface area contributed by atoms with Gasteiger partial charge in [0.1, 0.15) is 5.60 Å². The molecule has 3 N–H and O–H groups in total. The number of benzene rings is 1. The van der Waals surface area contributed by atoms with Crippen LogP contribution >= 0.6 is 0 Å². The second-order valence-corrected chi connectivity index (χ2v) is 7.30. The van der Waals surface area contributed by atoms with E-state index < -0.39 is 5.60 Å². The van der Waals surface area contributed by atoms with E-state index in [0.717, 1.165) is 41.4 Å². The van der Waals surface area contributed by atoms with Crippen LogP contribution in [-0.4, -0.2) is 27.7 Å². The van der Waals surface area contributed by atoms with Crippen molar-refractivity contribution in [3.05, 3.63) is 36.2 Å². The van der Waals surface area contributed by atoms with Gasteiger partial charge in [-0.25, -0.2) is 4.79 Å². The van der Waals surface area contributed by atoms with Gasteiger partial charge in [0, 0.05) is 29.7 Å². The fourth-order valence-corrected chi connectivity index (χ4v) is 3.06. The molecule has 0 saturated carbocycles. The van der Waals surface area contributed by atoms with Crippen LogP contribution in [0.15, 0.2) is 30.6 Å². The summed E-state index contributed by atoms with van der Waals surface area (Å²) in [5.74, 6) is 0. The molecule has 1 aromatic carbocycles. The Hall–Kier alpha value is -2.63. The maximum absolute atomic E-state index is 11.9. The zero-order valence-corrected chi connectivity index (χ0v) is 14.9. The van der Waals surface area contributed by atoms with E-state index in [-0.39, 0.29) is 12.1 Å². The highest BCUT2D eigenvalue weighted by molar-refractivity contribution is 5.94. The number of alkyl carbamates (subject to hydrolysis) is 1. The number of carbonyl (C=O) groups excluding carboxylic acids is 1. The van der Waals surface area contributed by atoms with E-state index in [2.05, 4.69) is 21.4 Å². The lowest BCUT2D eigenvalue weighted by atomic mass is 9.89. The number of aromatic nitrogens is 2. The Balaban J connectivity index is 1.76. The zero-order valence-electron chi connectivity index (χ0n) is 14.9. The van der Waals surface area contributed by atoms with E-state index in [4.69, 9.17) is 10.5 Å². The molecule has 3 rings (SSSR count). The van der Waals surface area contributed by atoms with Gasteiger partial charge in [0.2, 0.25) is 0 Å². The first-order valence-electron chi connectivity index (χ1n) is 8.51. The van der Waals surface area contributed by atoms with Crippen LogP contribution in [0.5, 0.6) is 0 Å². The van der Waals surface area contributed by atoms with E-state index in [1.807, 2.05) is 32.9 Å². The molecule has 0 aliphatic heterocycles. The number of nitrogens with two attached hydrogens (primary N) is 1. The molecule has 132 valence electrons. The van der Waals surface area contributed by atoms with Gasteiger partial charge < -0.3 is 15.8 Å². The van der Waals surface area contributed by atoms with Gasteiger partial charge in [-0.05, 0) is 57.7 Å². The molecule has 1 heterocycles. The Morgan fingerprint density at radius 1 is 1.28 bits per heavy atom. The van der Waals surface area contributed by atoms with Gasteiger partial charge in [0.25, 0.3) is 0 Å². The predicted molar refractivity (Wildman–Crippen MR) is 98.9 cm³/mol. The summed E-state index contributed by atoms with van der Waals surface area (Å²) in [7, 11) is 0. The Kier molecular flexibility index (Phi) is 4.61. The van der Waals surface area contributed by atoms with Crippen LogP contribution in [0.25, 0.3) is 16.6 Å². The summed E-state index contributed by atoms with van der Waals surface area (Å²) in [6, 6.07) is 3.83. The molecule has 1 atom stereocenters. The van der Waals surface area contributed by atoms with Crippen molar-refractivity contribution in [3.63, 3.8) is 0 Å². The van der Waals surface area contributed by atoms with Crippen LogP contribution in [-0.2, 0) is 4.74 Å². The van der Waals surface area contributed by atoms with Gasteiger partial charge in [0.15, 0.2) is 0 Å². The maximum Gasteiger partial charge on any atom is 0.407 e. The Morgan fingerprint density at radius 3 is 2.72 bits per heavy atom. The lowest BCUT2D eigenvalue weighted by Gasteiger charge is -2.26. The first-order valence-corrected chi connectivity index (χ1v) is 8.51. The highest BCUT2D eigenvalue weighted by Gasteiger charge is 2.23. The molecule has 0 spiro atoms. The smallest absolute Gasteiger partial charge is 0.407 e. The van der Waals surface area contributed by atoms with Crippen molar-refractivity contribution in [2.75, 3.05) is 5.73 Å². The second-order valence-electron chi connectivity index (χ2n) is 7.30. The number of nitrogens with one attached hydrogen (secondary N) is 1. The standard InChI is InChI=1S/C19H24N4O2/c1-19(2,3)25-18(24)23-13-6-4-12(5-7-13)16-14(20)8-9-15-17(16)22-11-10-21-15/h4,8-11,13H,5-7,20H2,1-3H3,(H,23,24). The van der Waals surface area contributed by atoms with Gasteiger partial charge in [-0.1, -0.05) is 6.08 Å². The summed E-state index contributed by atoms with van der Waals surface area (Å²) < 4.78 is 5.32. The van der Waals surface area contributed by atoms with E-state index in [1.54, 1.807) is 12.4 Å². The van der Waals surface area contributed by atoms with Crippen molar-refractivity contribution in [2.45, 2.75) is 51.7 Å². The lowest BCUT2D eigenvalue weighted by Crippen LogP contribution is -2.39. The van der Waals surface area contributed by atoms with Gasteiger partial charge >= 0.3 is 6.09 Å². The molecular weight excluding hydrogens is 316 g/mol. The van der Waals surface area contributed by atoms with Crippen LogP contribution in [0.1, 0.15) is 45.6 Å². The molecule has 2 aromatic rings. The summed E-state index contributed by atoms with van der Waals surface area (Å²) >= 11 is 0. The van der Waals surface area contributed by atoms with Crippen LogP contribution in [0.2, 0.25) is 0 Å².